The number of rotatable bonds is 6. The Morgan fingerprint density at radius 3 is 2.50 bits per heavy atom. The highest BCUT2D eigenvalue weighted by Gasteiger charge is 2.29. The maximum Gasteiger partial charge on any atom is 0.250 e. The van der Waals surface area contributed by atoms with Gasteiger partial charge in [0.1, 0.15) is 5.82 Å². The first-order valence-corrected chi connectivity index (χ1v) is 10.6. The molecule has 0 amide bonds. The van der Waals surface area contributed by atoms with E-state index >= 15 is 0 Å². The van der Waals surface area contributed by atoms with E-state index in [4.69, 9.17) is 4.52 Å². The van der Waals surface area contributed by atoms with Gasteiger partial charge in [0.25, 0.3) is 5.89 Å². The Balaban J connectivity index is 1.37. The van der Waals surface area contributed by atoms with Crippen molar-refractivity contribution < 1.29 is 8.91 Å². The first kappa shape index (κ1) is 20.5. The average Bonchev–Trinajstić information content (AvgIpc) is 3.23. The third-order valence-electron chi connectivity index (χ3n) is 5.99. The first-order valence-electron chi connectivity index (χ1n) is 10.6. The van der Waals surface area contributed by atoms with Gasteiger partial charge in [0.05, 0.1) is 0 Å². The van der Waals surface area contributed by atoms with Crippen LogP contribution in [0.2, 0.25) is 0 Å². The van der Waals surface area contributed by atoms with Crippen molar-refractivity contribution in [1.29, 1.82) is 0 Å². The molecular formula is C25H28FN3O. The maximum absolute atomic E-state index is 13.7. The summed E-state index contributed by atoms with van der Waals surface area (Å²) in [5, 5.41) is 4.07. The summed E-state index contributed by atoms with van der Waals surface area (Å²) < 4.78 is 19.1. The van der Waals surface area contributed by atoms with Crippen LogP contribution in [0.3, 0.4) is 0 Å². The fraction of sp³-hybridized carbons (Fsp3) is 0.360. The van der Waals surface area contributed by atoms with Gasteiger partial charge in [-0.3, -0.25) is 0 Å². The van der Waals surface area contributed by atoms with Crippen LogP contribution in [0, 0.1) is 17.7 Å². The predicted molar refractivity (Wildman–Crippen MR) is 117 cm³/mol. The Bertz CT molecular complexity index is 975. The zero-order valence-corrected chi connectivity index (χ0v) is 17.5. The van der Waals surface area contributed by atoms with Gasteiger partial charge in [0, 0.05) is 11.6 Å². The first-order chi connectivity index (χ1) is 14.6. The minimum absolute atomic E-state index is 0.162. The third kappa shape index (κ3) is 4.85. The minimum atomic E-state index is -0.162. The van der Waals surface area contributed by atoms with Crippen LogP contribution in [0.15, 0.2) is 65.2 Å². The fourth-order valence-corrected chi connectivity index (χ4v) is 4.56. The van der Waals surface area contributed by atoms with E-state index in [1.54, 1.807) is 6.07 Å². The molecule has 1 heterocycles. The van der Waals surface area contributed by atoms with Gasteiger partial charge in [-0.15, -0.1) is 0 Å². The number of allylic oxidation sites excluding steroid dienone is 1. The normalized spacial score (nSPS) is 20.7. The summed E-state index contributed by atoms with van der Waals surface area (Å²) in [6.07, 6.45) is 8.60. The molecular weight excluding hydrogens is 377 g/mol. The molecule has 4 rings (SSSR count). The number of halogens is 1. The summed E-state index contributed by atoms with van der Waals surface area (Å²) in [5.41, 5.74) is 2.02. The molecule has 0 bridgehead atoms. The van der Waals surface area contributed by atoms with Crippen molar-refractivity contribution in [3.05, 3.63) is 77.9 Å². The molecule has 1 unspecified atom stereocenters. The molecule has 3 aromatic rings. The van der Waals surface area contributed by atoms with Crippen LogP contribution in [0.1, 0.15) is 43.2 Å². The van der Waals surface area contributed by atoms with Crippen LogP contribution in [0.5, 0.6) is 0 Å². The topological polar surface area (TPSA) is 42.2 Å². The van der Waals surface area contributed by atoms with Gasteiger partial charge in [-0.05, 0) is 75.4 Å². The summed E-state index contributed by atoms with van der Waals surface area (Å²) in [5.74, 6) is 2.03. The Labute approximate surface area is 177 Å². The lowest BCUT2D eigenvalue weighted by molar-refractivity contribution is 0.159. The SMILES string of the molecule is CN(C)C(c1cccc(F)c1)C1CCC(/C=C/c2nc(-c3ccccc3)no2)CC1. The largest absolute Gasteiger partial charge is 0.334 e. The molecule has 1 aromatic heterocycles. The van der Waals surface area contributed by atoms with Crippen LogP contribution in [-0.4, -0.2) is 29.1 Å². The predicted octanol–water partition coefficient (Wildman–Crippen LogP) is 6.00. The van der Waals surface area contributed by atoms with Crippen molar-refractivity contribution in [2.45, 2.75) is 31.7 Å². The highest BCUT2D eigenvalue weighted by Crippen LogP contribution is 2.40. The fourth-order valence-electron chi connectivity index (χ4n) is 4.56. The minimum Gasteiger partial charge on any atom is -0.334 e. The molecule has 5 heteroatoms. The Kier molecular flexibility index (Phi) is 6.38. The third-order valence-corrected chi connectivity index (χ3v) is 5.99. The Morgan fingerprint density at radius 2 is 1.80 bits per heavy atom. The summed E-state index contributed by atoms with van der Waals surface area (Å²) in [7, 11) is 4.17. The monoisotopic (exact) mass is 405 g/mol. The summed E-state index contributed by atoms with van der Waals surface area (Å²) in [6, 6.07) is 17.1. The van der Waals surface area contributed by atoms with Crippen LogP contribution < -0.4 is 0 Å². The average molecular weight is 406 g/mol. The summed E-state index contributed by atoms with van der Waals surface area (Å²) in [6.45, 7) is 0. The van der Waals surface area contributed by atoms with Crippen LogP contribution in [0.4, 0.5) is 4.39 Å². The molecule has 30 heavy (non-hydrogen) atoms. The van der Waals surface area contributed by atoms with E-state index in [1.165, 1.54) is 6.07 Å². The second-order valence-corrected chi connectivity index (χ2v) is 8.32. The van der Waals surface area contributed by atoms with E-state index in [9.17, 15) is 4.39 Å². The van der Waals surface area contributed by atoms with E-state index in [0.717, 1.165) is 36.8 Å². The van der Waals surface area contributed by atoms with Gasteiger partial charge in [-0.2, -0.15) is 4.98 Å². The molecule has 1 saturated carbocycles. The van der Waals surface area contributed by atoms with E-state index in [2.05, 4.69) is 35.2 Å². The van der Waals surface area contributed by atoms with Crippen molar-refractivity contribution in [2.75, 3.05) is 14.1 Å². The van der Waals surface area contributed by atoms with E-state index < -0.39 is 0 Å². The van der Waals surface area contributed by atoms with Crippen molar-refractivity contribution in [2.24, 2.45) is 11.8 Å². The zero-order valence-electron chi connectivity index (χ0n) is 17.5. The lowest BCUT2D eigenvalue weighted by Gasteiger charge is -2.37. The van der Waals surface area contributed by atoms with Gasteiger partial charge in [-0.25, -0.2) is 4.39 Å². The molecule has 0 radical (unpaired) electrons. The summed E-state index contributed by atoms with van der Waals surface area (Å²) in [4.78, 5) is 6.69. The molecule has 1 aliphatic rings. The van der Waals surface area contributed by atoms with Crippen LogP contribution in [0.25, 0.3) is 17.5 Å². The number of hydrogen-bond donors (Lipinski definition) is 0. The second-order valence-electron chi connectivity index (χ2n) is 8.32. The van der Waals surface area contributed by atoms with Crippen LogP contribution >= 0.6 is 0 Å². The molecule has 156 valence electrons. The Hall–Kier alpha value is -2.79. The van der Waals surface area contributed by atoms with Crippen LogP contribution in [-0.2, 0) is 0 Å². The van der Waals surface area contributed by atoms with E-state index in [-0.39, 0.29) is 11.9 Å². The van der Waals surface area contributed by atoms with Gasteiger partial charge in [-0.1, -0.05) is 53.7 Å². The molecule has 0 N–H and O–H groups in total. The van der Waals surface area contributed by atoms with E-state index in [1.807, 2.05) is 48.5 Å². The molecule has 4 nitrogen and oxygen atoms in total. The molecule has 0 aliphatic heterocycles. The standard InChI is InChI=1S/C25H28FN3O/c1-29(2)24(21-9-6-10-22(26)17-21)19-14-11-18(12-15-19)13-16-23-27-25(28-30-23)20-7-4-3-5-8-20/h3-10,13,16-19,24H,11-12,14-15H2,1-2H3/b16-13+. The number of hydrogen-bond acceptors (Lipinski definition) is 4. The smallest absolute Gasteiger partial charge is 0.250 e. The number of nitrogens with zero attached hydrogens (tertiary/aromatic N) is 3. The maximum atomic E-state index is 13.7. The molecule has 0 saturated heterocycles. The van der Waals surface area contributed by atoms with Gasteiger partial charge < -0.3 is 9.42 Å². The van der Waals surface area contributed by atoms with Gasteiger partial charge in [0.2, 0.25) is 5.82 Å². The molecule has 1 atom stereocenters. The van der Waals surface area contributed by atoms with Crippen molar-refractivity contribution >= 4 is 6.08 Å². The lowest BCUT2D eigenvalue weighted by Crippen LogP contribution is -2.30. The number of aromatic nitrogens is 2. The molecule has 1 aliphatic carbocycles. The Morgan fingerprint density at radius 1 is 1.03 bits per heavy atom. The lowest BCUT2D eigenvalue weighted by atomic mass is 9.76. The quantitative estimate of drug-likeness (QED) is 0.504. The highest BCUT2D eigenvalue weighted by atomic mass is 19.1. The van der Waals surface area contributed by atoms with Crippen molar-refractivity contribution in [3.8, 4) is 11.4 Å². The second kappa shape index (κ2) is 9.35. The van der Waals surface area contributed by atoms with Crippen molar-refractivity contribution in [3.63, 3.8) is 0 Å². The highest BCUT2D eigenvalue weighted by molar-refractivity contribution is 5.55. The molecule has 2 aromatic carbocycles. The zero-order chi connectivity index (χ0) is 20.9. The molecule has 0 spiro atoms. The van der Waals surface area contributed by atoms with Crippen molar-refractivity contribution in [1.82, 2.24) is 15.0 Å². The summed E-state index contributed by atoms with van der Waals surface area (Å²) >= 11 is 0. The molecule has 1 fully saturated rings. The van der Waals surface area contributed by atoms with E-state index in [0.29, 0.717) is 23.6 Å². The van der Waals surface area contributed by atoms with Gasteiger partial charge in [0.15, 0.2) is 0 Å². The van der Waals surface area contributed by atoms with Gasteiger partial charge >= 0.3 is 0 Å². The number of benzene rings is 2.